The number of rotatable bonds is 7. The Balaban J connectivity index is 1.43. The Morgan fingerprint density at radius 3 is 2.88 bits per heavy atom. The molecule has 34 heavy (non-hydrogen) atoms. The number of ether oxygens (including phenoxy) is 3. The summed E-state index contributed by atoms with van der Waals surface area (Å²) in [5.41, 5.74) is 0.776. The van der Waals surface area contributed by atoms with Gasteiger partial charge in [0.25, 0.3) is 11.8 Å². The van der Waals surface area contributed by atoms with Gasteiger partial charge in [0.05, 0.1) is 36.9 Å². The first kappa shape index (κ1) is 23.7. The molecular weight excluding hydrogens is 444 g/mol. The van der Waals surface area contributed by atoms with E-state index in [1.54, 1.807) is 37.3 Å². The van der Waals surface area contributed by atoms with Gasteiger partial charge in [-0.15, -0.1) is 0 Å². The number of anilines is 1. The highest BCUT2D eigenvalue weighted by Crippen LogP contribution is 2.32. The molecule has 3 heterocycles. The molecule has 1 saturated heterocycles. The maximum Gasteiger partial charge on any atom is 0.294 e. The van der Waals surface area contributed by atoms with Gasteiger partial charge >= 0.3 is 0 Å². The number of carbonyl (C=O) groups excluding carboxylic acids is 3. The maximum absolute atomic E-state index is 13.3. The highest BCUT2D eigenvalue weighted by molar-refractivity contribution is 6.04. The number of aromatic nitrogens is 1. The summed E-state index contributed by atoms with van der Waals surface area (Å²) in [5.74, 6) is -0.337. The molecule has 2 aliphatic heterocycles. The van der Waals surface area contributed by atoms with E-state index in [0.29, 0.717) is 43.0 Å². The Morgan fingerprint density at radius 2 is 2.12 bits per heavy atom. The lowest BCUT2D eigenvalue weighted by atomic mass is 9.94. The van der Waals surface area contributed by atoms with Crippen molar-refractivity contribution in [3.05, 3.63) is 41.8 Å². The van der Waals surface area contributed by atoms with Gasteiger partial charge in [-0.25, -0.2) is 0 Å². The number of hydrogen-bond donors (Lipinski definition) is 2. The van der Waals surface area contributed by atoms with Crippen LogP contribution in [0.4, 0.5) is 5.69 Å². The van der Waals surface area contributed by atoms with Gasteiger partial charge in [-0.3, -0.25) is 14.4 Å². The monoisotopic (exact) mass is 472 g/mol. The third-order valence-electron chi connectivity index (χ3n) is 5.97. The van der Waals surface area contributed by atoms with Crippen LogP contribution in [-0.2, 0) is 14.3 Å². The molecule has 11 heteroatoms. The van der Waals surface area contributed by atoms with Crippen molar-refractivity contribution in [1.82, 2.24) is 15.4 Å². The van der Waals surface area contributed by atoms with Crippen LogP contribution in [0.25, 0.3) is 0 Å². The average molecular weight is 472 g/mol. The predicted molar refractivity (Wildman–Crippen MR) is 120 cm³/mol. The second-order valence-electron chi connectivity index (χ2n) is 8.26. The number of amides is 3. The Morgan fingerprint density at radius 1 is 1.26 bits per heavy atom. The molecule has 2 aromatic rings. The van der Waals surface area contributed by atoms with Crippen LogP contribution in [0.1, 0.15) is 40.2 Å². The van der Waals surface area contributed by atoms with Gasteiger partial charge in [-0.2, -0.15) is 0 Å². The third kappa shape index (κ3) is 5.37. The van der Waals surface area contributed by atoms with Crippen LogP contribution in [0.3, 0.4) is 0 Å². The minimum atomic E-state index is -0.469. The van der Waals surface area contributed by atoms with Crippen LogP contribution < -0.4 is 15.4 Å². The summed E-state index contributed by atoms with van der Waals surface area (Å²) >= 11 is 0. The molecule has 2 aliphatic rings. The Labute approximate surface area is 196 Å². The standard InChI is InChI=1S/C23H28N4O7/c1-27-17-5-4-15(12-21(28)24-9-10-31-2)33-20(17)13-32-18-6-3-14(11-16(18)23(27)30)26-22(29)19-7-8-25-34-19/h3,6-8,11,15,17,20H,4-5,9-10,12-13H2,1-2H3,(H,24,28)(H,26,29)/t15-,17-,20-/m1/s1. The van der Waals surface area contributed by atoms with E-state index in [4.69, 9.17) is 18.7 Å². The van der Waals surface area contributed by atoms with E-state index in [-0.39, 0.29) is 48.9 Å². The zero-order valence-corrected chi connectivity index (χ0v) is 19.1. The van der Waals surface area contributed by atoms with Crippen molar-refractivity contribution in [1.29, 1.82) is 0 Å². The van der Waals surface area contributed by atoms with E-state index in [1.807, 2.05) is 0 Å². The van der Waals surface area contributed by atoms with Gasteiger partial charge in [-0.1, -0.05) is 5.16 Å². The van der Waals surface area contributed by atoms with Crippen molar-refractivity contribution in [3.63, 3.8) is 0 Å². The molecule has 3 amide bonds. The molecule has 11 nitrogen and oxygen atoms in total. The highest BCUT2D eigenvalue weighted by Gasteiger charge is 2.39. The number of nitrogens with zero attached hydrogens (tertiary/aromatic N) is 2. The lowest BCUT2D eigenvalue weighted by Gasteiger charge is -2.42. The number of benzene rings is 1. The summed E-state index contributed by atoms with van der Waals surface area (Å²) in [5, 5.41) is 9.02. The largest absolute Gasteiger partial charge is 0.490 e. The van der Waals surface area contributed by atoms with Crippen molar-refractivity contribution in [2.24, 2.45) is 0 Å². The van der Waals surface area contributed by atoms with E-state index in [2.05, 4.69) is 15.8 Å². The summed E-state index contributed by atoms with van der Waals surface area (Å²) in [6, 6.07) is 6.13. The summed E-state index contributed by atoms with van der Waals surface area (Å²) in [6.07, 6.45) is 2.35. The summed E-state index contributed by atoms with van der Waals surface area (Å²) in [7, 11) is 3.31. The van der Waals surface area contributed by atoms with Gasteiger partial charge in [0.2, 0.25) is 11.7 Å². The van der Waals surface area contributed by atoms with Crippen LogP contribution in [-0.4, -0.2) is 79.9 Å². The van der Waals surface area contributed by atoms with Crippen LogP contribution >= 0.6 is 0 Å². The first-order chi connectivity index (χ1) is 16.5. The number of nitrogens with one attached hydrogen (secondary N) is 2. The zero-order chi connectivity index (χ0) is 24.1. The normalized spacial score (nSPS) is 22.0. The van der Waals surface area contributed by atoms with E-state index in [1.165, 1.54) is 12.3 Å². The van der Waals surface area contributed by atoms with E-state index >= 15 is 0 Å². The Bertz CT molecular complexity index is 1030. The lowest BCUT2D eigenvalue weighted by Crippen LogP contribution is -2.54. The second kappa shape index (κ2) is 10.7. The van der Waals surface area contributed by atoms with Crippen LogP contribution in [0.5, 0.6) is 5.75 Å². The molecule has 0 bridgehead atoms. The topological polar surface area (TPSA) is 132 Å². The highest BCUT2D eigenvalue weighted by atomic mass is 16.5. The second-order valence-corrected chi connectivity index (χ2v) is 8.26. The molecular formula is C23H28N4O7. The fourth-order valence-corrected chi connectivity index (χ4v) is 4.20. The zero-order valence-electron chi connectivity index (χ0n) is 19.1. The summed E-state index contributed by atoms with van der Waals surface area (Å²) in [4.78, 5) is 39.4. The molecule has 1 aromatic carbocycles. The molecule has 0 spiro atoms. The minimum absolute atomic E-state index is 0.0653. The van der Waals surface area contributed by atoms with Gasteiger partial charge in [0.1, 0.15) is 18.5 Å². The Hall–Kier alpha value is -3.44. The van der Waals surface area contributed by atoms with Crippen LogP contribution in [0.15, 0.2) is 35.0 Å². The number of methoxy groups -OCH3 is 1. The van der Waals surface area contributed by atoms with Crippen molar-refractivity contribution in [2.75, 3.05) is 39.2 Å². The molecule has 1 aromatic heterocycles. The summed E-state index contributed by atoms with van der Waals surface area (Å²) in [6.45, 7) is 1.14. The smallest absolute Gasteiger partial charge is 0.294 e. The van der Waals surface area contributed by atoms with Crippen molar-refractivity contribution >= 4 is 23.4 Å². The number of hydrogen-bond acceptors (Lipinski definition) is 8. The molecule has 3 atom stereocenters. The Kier molecular flexibility index (Phi) is 7.43. The molecule has 4 rings (SSSR count). The van der Waals surface area contributed by atoms with Gasteiger partial charge in [0, 0.05) is 32.5 Å². The number of likely N-dealkylation sites (N-methyl/N-ethyl adjacent to an activating group) is 1. The SMILES string of the molecule is COCCNC(=O)C[C@H]1CC[C@@H]2[C@@H](COc3ccc(NC(=O)c4ccno4)cc3C(=O)N2C)O1. The van der Waals surface area contributed by atoms with E-state index in [9.17, 15) is 14.4 Å². The van der Waals surface area contributed by atoms with E-state index in [0.717, 1.165) is 0 Å². The summed E-state index contributed by atoms with van der Waals surface area (Å²) < 4.78 is 21.9. The average Bonchev–Trinajstić information content (AvgIpc) is 3.37. The van der Waals surface area contributed by atoms with E-state index < -0.39 is 5.91 Å². The predicted octanol–water partition coefficient (Wildman–Crippen LogP) is 1.46. The molecule has 0 aliphatic carbocycles. The molecule has 182 valence electrons. The van der Waals surface area contributed by atoms with Crippen molar-refractivity contribution < 1.29 is 33.1 Å². The molecule has 0 saturated carbocycles. The van der Waals surface area contributed by atoms with Crippen LogP contribution in [0.2, 0.25) is 0 Å². The quantitative estimate of drug-likeness (QED) is 0.579. The van der Waals surface area contributed by atoms with Gasteiger partial charge < -0.3 is 34.3 Å². The van der Waals surface area contributed by atoms with Gasteiger partial charge in [-0.05, 0) is 31.0 Å². The maximum atomic E-state index is 13.3. The third-order valence-corrected chi connectivity index (χ3v) is 5.97. The fourth-order valence-electron chi connectivity index (χ4n) is 4.20. The first-order valence-corrected chi connectivity index (χ1v) is 11.1. The molecule has 0 radical (unpaired) electrons. The van der Waals surface area contributed by atoms with Crippen molar-refractivity contribution in [2.45, 2.75) is 37.5 Å². The fraction of sp³-hybridized carbons (Fsp3) is 0.478. The first-order valence-electron chi connectivity index (χ1n) is 11.1. The minimum Gasteiger partial charge on any atom is -0.490 e. The van der Waals surface area contributed by atoms with Crippen molar-refractivity contribution in [3.8, 4) is 5.75 Å². The molecule has 2 N–H and O–H groups in total. The molecule has 0 unspecified atom stereocenters. The number of carbonyl (C=O) groups is 3. The number of fused-ring (bicyclic) bond motifs is 2. The lowest BCUT2D eigenvalue weighted by molar-refractivity contribution is -0.134. The van der Waals surface area contributed by atoms with Gasteiger partial charge in [0.15, 0.2) is 0 Å². The molecule has 1 fully saturated rings. The van der Waals surface area contributed by atoms with Crippen LogP contribution in [0, 0.1) is 0 Å².